The molecule has 1 aliphatic heterocycles. The van der Waals surface area contributed by atoms with E-state index in [2.05, 4.69) is 4.90 Å². The maximum Gasteiger partial charge on any atom is 0.152 e. The van der Waals surface area contributed by atoms with Crippen molar-refractivity contribution in [3.8, 4) is 0 Å². The van der Waals surface area contributed by atoms with E-state index in [0.717, 1.165) is 25.7 Å². The van der Waals surface area contributed by atoms with E-state index in [1.807, 2.05) is 0 Å². The van der Waals surface area contributed by atoms with Gasteiger partial charge in [0, 0.05) is 19.1 Å². The first kappa shape index (κ1) is 11.4. The maximum absolute atomic E-state index is 11.3. The van der Waals surface area contributed by atoms with Gasteiger partial charge in [0.05, 0.1) is 17.6 Å². The summed E-state index contributed by atoms with van der Waals surface area (Å²) in [5, 5.41) is 9.86. The molecule has 2 fully saturated rings. The lowest BCUT2D eigenvalue weighted by molar-refractivity contribution is 0.0238. The highest BCUT2D eigenvalue weighted by Crippen LogP contribution is 2.24. The number of rotatable bonds is 1. The molecule has 0 amide bonds. The van der Waals surface area contributed by atoms with Gasteiger partial charge in [-0.05, 0) is 12.8 Å². The molecule has 2 rings (SSSR count). The fraction of sp³-hybridized carbons (Fsp3) is 1.00. The van der Waals surface area contributed by atoms with Gasteiger partial charge in [-0.1, -0.05) is 12.8 Å². The zero-order chi connectivity index (χ0) is 10.9. The molecular formula is C10H19NO3S. The maximum atomic E-state index is 11.3. The predicted molar refractivity (Wildman–Crippen MR) is 58.5 cm³/mol. The van der Waals surface area contributed by atoms with Gasteiger partial charge < -0.3 is 5.11 Å². The third kappa shape index (κ3) is 2.71. The zero-order valence-electron chi connectivity index (χ0n) is 8.93. The number of nitrogens with zero attached hydrogens (tertiary/aromatic N) is 1. The Hall–Kier alpha value is -0.130. The average Bonchev–Trinajstić information content (AvgIpc) is 2.19. The van der Waals surface area contributed by atoms with Crippen molar-refractivity contribution in [2.45, 2.75) is 37.8 Å². The van der Waals surface area contributed by atoms with Gasteiger partial charge in [-0.15, -0.1) is 0 Å². The number of aliphatic hydroxyl groups is 1. The first-order chi connectivity index (χ1) is 7.08. The van der Waals surface area contributed by atoms with Gasteiger partial charge in [0.15, 0.2) is 9.84 Å². The molecule has 2 atom stereocenters. The number of hydrogen-bond acceptors (Lipinski definition) is 4. The lowest BCUT2D eigenvalue weighted by Crippen LogP contribution is -2.51. The molecule has 1 N–H and O–H groups in total. The predicted octanol–water partition coefficient (Wildman–Crippen LogP) is 0.0203. The van der Waals surface area contributed by atoms with Crippen LogP contribution in [-0.2, 0) is 9.84 Å². The standard InChI is InChI=1S/C10H19NO3S/c12-10-4-2-1-3-9(10)11-5-7-15(13,14)8-6-11/h9-10,12H,1-8H2. The number of sulfone groups is 1. The van der Waals surface area contributed by atoms with E-state index in [4.69, 9.17) is 0 Å². The van der Waals surface area contributed by atoms with Gasteiger partial charge in [-0.3, -0.25) is 4.90 Å². The molecule has 0 aromatic rings. The summed E-state index contributed by atoms with van der Waals surface area (Å²) in [6, 6.07) is 0.203. The van der Waals surface area contributed by atoms with E-state index < -0.39 is 9.84 Å². The first-order valence-corrected chi connectivity index (χ1v) is 7.53. The Kier molecular flexibility index (Phi) is 3.33. The van der Waals surface area contributed by atoms with E-state index in [0.29, 0.717) is 13.1 Å². The highest BCUT2D eigenvalue weighted by molar-refractivity contribution is 7.91. The first-order valence-electron chi connectivity index (χ1n) is 5.71. The van der Waals surface area contributed by atoms with Gasteiger partial charge in [0.25, 0.3) is 0 Å². The summed E-state index contributed by atoms with van der Waals surface area (Å²) in [7, 11) is -2.80. The van der Waals surface area contributed by atoms with Crippen molar-refractivity contribution in [2.75, 3.05) is 24.6 Å². The molecule has 2 aliphatic rings. The van der Waals surface area contributed by atoms with Crippen LogP contribution in [0.1, 0.15) is 25.7 Å². The molecule has 0 radical (unpaired) electrons. The van der Waals surface area contributed by atoms with Crippen molar-refractivity contribution < 1.29 is 13.5 Å². The van der Waals surface area contributed by atoms with Crippen LogP contribution in [0.2, 0.25) is 0 Å². The van der Waals surface area contributed by atoms with Crippen LogP contribution >= 0.6 is 0 Å². The van der Waals surface area contributed by atoms with Crippen LogP contribution in [0.4, 0.5) is 0 Å². The SMILES string of the molecule is O=S1(=O)CCN(C2CCCCC2O)CC1. The van der Waals surface area contributed by atoms with Gasteiger partial charge >= 0.3 is 0 Å². The zero-order valence-corrected chi connectivity index (χ0v) is 9.75. The fourth-order valence-corrected chi connectivity index (χ4v) is 3.81. The van der Waals surface area contributed by atoms with E-state index in [1.165, 1.54) is 0 Å². The number of aliphatic hydroxyl groups excluding tert-OH is 1. The summed E-state index contributed by atoms with van der Waals surface area (Å²) in [6.45, 7) is 1.20. The fourth-order valence-electron chi connectivity index (χ4n) is 2.58. The van der Waals surface area contributed by atoms with E-state index in [9.17, 15) is 13.5 Å². The van der Waals surface area contributed by atoms with Crippen molar-refractivity contribution in [2.24, 2.45) is 0 Å². The van der Waals surface area contributed by atoms with Crippen LogP contribution in [0, 0.1) is 0 Å². The monoisotopic (exact) mass is 233 g/mol. The second-order valence-corrected chi connectivity index (χ2v) is 6.91. The van der Waals surface area contributed by atoms with Crippen LogP contribution < -0.4 is 0 Å². The second kappa shape index (κ2) is 4.39. The molecule has 2 unspecified atom stereocenters. The minimum Gasteiger partial charge on any atom is -0.391 e. The summed E-state index contributed by atoms with van der Waals surface area (Å²) in [5.74, 6) is 0.520. The van der Waals surface area contributed by atoms with E-state index in [1.54, 1.807) is 0 Å². The summed E-state index contributed by atoms with van der Waals surface area (Å²) < 4.78 is 22.5. The molecule has 0 aromatic carbocycles. The smallest absolute Gasteiger partial charge is 0.152 e. The highest BCUT2D eigenvalue weighted by atomic mass is 32.2. The quantitative estimate of drug-likeness (QED) is 0.694. The number of hydrogen-bond donors (Lipinski definition) is 1. The lowest BCUT2D eigenvalue weighted by Gasteiger charge is -2.39. The Morgan fingerprint density at radius 2 is 1.67 bits per heavy atom. The van der Waals surface area contributed by atoms with Gasteiger partial charge in [0.2, 0.25) is 0 Å². The minimum atomic E-state index is -2.80. The van der Waals surface area contributed by atoms with Crippen molar-refractivity contribution in [1.82, 2.24) is 4.90 Å². The molecule has 1 saturated heterocycles. The minimum absolute atomic E-state index is 0.203. The van der Waals surface area contributed by atoms with Crippen LogP contribution in [0.5, 0.6) is 0 Å². The molecule has 0 bridgehead atoms. The van der Waals surface area contributed by atoms with Gasteiger partial charge in [-0.2, -0.15) is 0 Å². The van der Waals surface area contributed by atoms with Crippen LogP contribution in [0.25, 0.3) is 0 Å². The summed E-state index contributed by atoms with van der Waals surface area (Å²) in [6.07, 6.45) is 3.89. The lowest BCUT2D eigenvalue weighted by atomic mass is 9.91. The van der Waals surface area contributed by atoms with Gasteiger partial charge in [-0.25, -0.2) is 8.42 Å². The molecule has 88 valence electrons. The second-order valence-electron chi connectivity index (χ2n) is 4.61. The van der Waals surface area contributed by atoms with Crippen molar-refractivity contribution in [3.05, 3.63) is 0 Å². The normalized spacial score (nSPS) is 37.7. The molecule has 1 saturated carbocycles. The third-order valence-corrected chi connectivity index (χ3v) is 5.15. The summed E-state index contributed by atoms with van der Waals surface area (Å²) in [5.41, 5.74) is 0. The van der Waals surface area contributed by atoms with Crippen molar-refractivity contribution in [1.29, 1.82) is 0 Å². The Morgan fingerprint density at radius 3 is 2.27 bits per heavy atom. The Balaban J connectivity index is 1.94. The largest absolute Gasteiger partial charge is 0.391 e. The van der Waals surface area contributed by atoms with Crippen molar-refractivity contribution >= 4 is 9.84 Å². The van der Waals surface area contributed by atoms with E-state index in [-0.39, 0.29) is 23.7 Å². The molecular weight excluding hydrogens is 214 g/mol. The molecule has 4 nitrogen and oxygen atoms in total. The highest BCUT2D eigenvalue weighted by Gasteiger charge is 2.32. The summed E-state index contributed by atoms with van der Waals surface area (Å²) >= 11 is 0. The Bertz CT molecular complexity index is 301. The van der Waals surface area contributed by atoms with Gasteiger partial charge in [0.1, 0.15) is 0 Å². The Labute approximate surface area is 91.2 Å². The molecule has 5 heteroatoms. The molecule has 0 aromatic heterocycles. The van der Waals surface area contributed by atoms with Crippen LogP contribution in [0.15, 0.2) is 0 Å². The molecule has 1 aliphatic carbocycles. The topological polar surface area (TPSA) is 57.6 Å². The third-order valence-electron chi connectivity index (χ3n) is 3.54. The average molecular weight is 233 g/mol. The van der Waals surface area contributed by atoms with E-state index >= 15 is 0 Å². The molecule has 15 heavy (non-hydrogen) atoms. The van der Waals surface area contributed by atoms with Crippen LogP contribution in [-0.4, -0.2) is 55.2 Å². The molecule has 0 spiro atoms. The summed E-state index contributed by atoms with van der Waals surface area (Å²) in [4.78, 5) is 2.16. The van der Waals surface area contributed by atoms with Crippen molar-refractivity contribution in [3.63, 3.8) is 0 Å². The molecule has 1 heterocycles. The van der Waals surface area contributed by atoms with Crippen LogP contribution in [0.3, 0.4) is 0 Å². The Morgan fingerprint density at radius 1 is 1.07 bits per heavy atom.